The monoisotopic (exact) mass is 397 g/mol. The van der Waals surface area contributed by atoms with Gasteiger partial charge in [0.2, 0.25) is 6.79 Å². The third-order valence-electron chi connectivity index (χ3n) is 5.30. The van der Waals surface area contributed by atoms with Gasteiger partial charge in [-0.2, -0.15) is 0 Å². The van der Waals surface area contributed by atoms with Gasteiger partial charge >= 0.3 is 0 Å². The van der Waals surface area contributed by atoms with E-state index in [1.165, 1.54) is 16.3 Å². The third-order valence-corrected chi connectivity index (χ3v) is 5.30. The molecule has 0 saturated heterocycles. The maximum absolute atomic E-state index is 6.22. The van der Waals surface area contributed by atoms with Crippen molar-refractivity contribution >= 4 is 10.8 Å². The Kier molecular flexibility index (Phi) is 5.23. The van der Waals surface area contributed by atoms with Crippen molar-refractivity contribution in [1.82, 2.24) is 5.32 Å². The van der Waals surface area contributed by atoms with Crippen LogP contribution >= 0.6 is 0 Å². The lowest BCUT2D eigenvalue weighted by Crippen LogP contribution is -2.14. The van der Waals surface area contributed by atoms with Crippen LogP contribution in [0.1, 0.15) is 16.7 Å². The van der Waals surface area contributed by atoms with Crippen LogP contribution in [0.15, 0.2) is 84.9 Å². The molecule has 0 unspecified atom stereocenters. The van der Waals surface area contributed by atoms with Crippen molar-refractivity contribution in [1.29, 1.82) is 0 Å². The van der Waals surface area contributed by atoms with Gasteiger partial charge in [-0.05, 0) is 40.1 Å². The Morgan fingerprint density at radius 3 is 2.50 bits per heavy atom. The molecule has 30 heavy (non-hydrogen) atoms. The van der Waals surface area contributed by atoms with E-state index in [1.807, 2.05) is 30.3 Å². The molecule has 4 aromatic carbocycles. The number of ether oxygens (including phenoxy) is 3. The van der Waals surface area contributed by atoms with Gasteiger partial charge in [-0.15, -0.1) is 0 Å². The number of fused-ring (bicyclic) bond motifs is 2. The SMILES string of the molecule is c1ccc(COc2ccc3ccccc3c2CNCc2ccc3c(c2)OCO3)cc1. The first-order valence-electron chi connectivity index (χ1n) is 10.1. The summed E-state index contributed by atoms with van der Waals surface area (Å²) in [6.07, 6.45) is 0. The minimum absolute atomic E-state index is 0.296. The minimum Gasteiger partial charge on any atom is -0.489 e. The van der Waals surface area contributed by atoms with E-state index in [0.29, 0.717) is 19.9 Å². The number of nitrogens with one attached hydrogen (secondary N) is 1. The molecule has 150 valence electrons. The molecular formula is C26H23NO3. The lowest BCUT2D eigenvalue weighted by Gasteiger charge is -2.15. The summed E-state index contributed by atoms with van der Waals surface area (Å²) in [5, 5.41) is 5.99. The molecule has 5 rings (SSSR count). The summed E-state index contributed by atoms with van der Waals surface area (Å²) in [7, 11) is 0. The van der Waals surface area contributed by atoms with Gasteiger partial charge in [-0.25, -0.2) is 0 Å². The molecule has 1 N–H and O–H groups in total. The van der Waals surface area contributed by atoms with Crippen LogP contribution in [-0.2, 0) is 19.7 Å². The van der Waals surface area contributed by atoms with Crippen LogP contribution in [0.5, 0.6) is 17.2 Å². The van der Waals surface area contributed by atoms with Gasteiger partial charge in [0.25, 0.3) is 0 Å². The molecule has 4 aromatic rings. The average Bonchev–Trinajstić information content (AvgIpc) is 3.27. The Morgan fingerprint density at radius 2 is 1.57 bits per heavy atom. The van der Waals surface area contributed by atoms with Crippen LogP contribution in [0.25, 0.3) is 10.8 Å². The molecule has 4 nitrogen and oxygen atoms in total. The molecule has 0 bridgehead atoms. The fraction of sp³-hybridized carbons (Fsp3) is 0.154. The van der Waals surface area contributed by atoms with Crippen molar-refractivity contribution < 1.29 is 14.2 Å². The first kappa shape index (κ1) is 18.5. The summed E-state index contributed by atoms with van der Waals surface area (Å²) in [6.45, 7) is 2.29. The molecule has 0 spiro atoms. The Balaban J connectivity index is 1.34. The van der Waals surface area contributed by atoms with Gasteiger partial charge in [0.1, 0.15) is 12.4 Å². The quantitative estimate of drug-likeness (QED) is 0.451. The van der Waals surface area contributed by atoms with Gasteiger partial charge in [0.05, 0.1) is 0 Å². The normalized spacial score (nSPS) is 12.3. The highest BCUT2D eigenvalue weighted by atomic mass is 16.7. The largest absolute Gasteiger partial charge is 0.489 e. The molecule has 0 saturated carbocycles. The second-order valence-corrected chi connectivity index (χ2v) is 7.33. The van der Waals surface area contributed by atoms with E-state index in [-0.39, 0.29) is 0 Å². The highest BCUT2D eigenvalue weighted by Crippen LogP contribution is 2.33. The first-order valence-corrected chi connectivity index (χ1v) is 10.1. The lowest BCUT2D eigenvalue weighted by atomic mass is 10.0. The molecule has 0 fully saturated rings. The number of rotatable bonds is 7. The van der Waals surface area contributed by atoms with E-state index < -0.39 is 0 Å². The maximum Gasteiger partial charge on any atom is 0.231 e. The molecule has 1 aliphatic heterocycles. The molecule has 0 aliphatic carbocycles. The molecular weight excluding hydrogens is 374 g/mol. The third kappa shape index (κ3) is 3.95. The Labute approximate surface area is 176 Å². The Bertz CT molecular complexity index is 1160. The fourth-order valence-electron chi connectivity index (χ4n) is 3.75. The molecule has 0 amide bonds. The first-order chi connectivity index (χ1) is 14.9. The van der Waals surface area contributed by atoms with Crippen LogP contribution < -0.4 is 19.5 Å². The van der Waals surface area contributed by atoms with Crippen molar-refractivity contribution in [2.24, 2.45) is 0 Å². The molecule has 1 heterocycles. The van der Waals surface area contributed by atoms with Gasteiger partial charge < -0.3 is 19.5 Å². The zero-order valence-corrected chi connectivity index (χ0v) is 16.6. The molecule has 4 heteroatoms. The predicted octanol–water partition coefficient (Wildman–Crippen LogP) is 5.44. The second-order valence-electron chi connectivity index (χ2n) is 7.33. The summed E-state index contributed by atoms with van der Waals surface area (Å²) in [5.74, 6) is 2.53. The minimum atomic E-state index is 0.296. The Morgan fingerprint density at radius 1 is 0.733 bits per heavy atom. The summed E-state index contributed by atoms with van der Waals surface area (Å²) in [4.78, 5) is 0. The predicted molar refractivity (Wildman–Crippen MR) is 118 cm³/mol. The zero-order valence-electron chi connectivity index (χ0n) is 16.6. The molecule has 0 aromatic heterocycles. The van der Waals surface area contributed by atoms with Crippen LogP contribution in [0.2, 0.25) is 0 Å². The summed E-state index contributed by atoms with van der Waals surface area (Å²) in [5.41, 5.74) is 3.49. The van der Waals surface area contributed by atoms with Crippen molar-refractivity contribution in [3.05, 3.63) is 102 Å². The molecule has 1 aliphatic rings. The van der Waals surface area contributed by atoms with Crippen molar-refractivity contribution in [2.75, 3.05) is 6.79 Å². The summed E-state index contributed by atoms with van der Waals surface area (Å²) < 4.78 is 17.1. The van der Waals surface area contributed by atoms with Crippen LogP contribution in [0.4, 0.5) is 0 Å². The van der Waals surface area contributed by atoms with E-state index in [0.717, 1.165) is 34.9 Å². The second kappa shape index (κ2) is 8.47. The average molecular weight is 397 g/mol. The van der Waals surface area contributed by atoms with Gasteiger partial charge in [-0.3, -0.25) is 0 Å². The van der Waals surface area contributed by atoms with Crippen LogP contribution in [0, 0.1) is 0 Å². The number of benzene rings is 4. The van der Waals surface area contributed by atoms with Gasteiger partial charge in [-0.1, -0.05) is 66.7 Å². The topological polar surface area (TPSA) is 39.7 Å². The number of hydrogen-bond donors (Lipinski definition) is 1. The van der Waals surface area contributed by atoms with Gasteiger partial charge in [0, 0.05) is 18.7 Å². The van der Waals surface area contributed by atoms with E-state index in [9.17, 15) is 0 Å². The summed E-state index contributed by atoms with van der Waals surface area (Å²) in [6, 6.07) is 28.9. The van der Waals surface area contributed by atoms with E-state index in [4.69, 9.17) is 14.2 Å². The molecule has 0 radical (unpaired) electrons. The maximum atomic E-state index is 6.22. The van der Waals surface area contributed by atoms with E-state index in [1.54, 1.807) is 0 Å². The van der Waals surface area contributed by atoms with Crippen molar-refractivity contribution in [2.45, 2.75) is 19.7 Å². The smallest absolute Gasteiger partial charge is 0.231 e. The van der Waals surface area contributed by atoms with E-state index in [2.05, 4.69) is 59.9 Å². The van der Waals surface area contributed by atoms with Crippen molar-refractivity contribution in [3.63, 3.8) is 0 Å². The van der Waals surface area contributed by atoms with Gasteiger partial charge in [0.15, 0.2) is 11.5 Å². The standard InChI is InChI=1S/C26H23NO3/c1-2-6-19(7-3-1)17-28-24-13-11-21-8-4-5-9-22(21)23(24)16-27-15-20-10-12-25-26(14-20)30-18-29-25/h1-14,27H,15-18H2. The van der Waals surface area contributed by atoms with Crippen molar-refractivity contribution in [3.8, 4) is 17.2 Å². The zero-order chi connectivity index (χ0) is 20.2. The summed E-state index contributed by atoms with van der Waals surface area (Å²) >= 11 is 0. The van der Waals surface area contributed by atoms with E-state index >= 15 is 0 Å². The van der Waals surface area contributed by atoms with Crippen LogP contribution in [-0.4, -0.2) is 6.79 Å². The fourth-order valence-corrected chi connectivity index (χ4v) is 3.75. The van der Waals surface area contributed by atoms with Crippen LogP contribution in [0.3, 0.4) is 0 Å². The highest BCUT2D eigenvalue weighted by Gasteiger charge is 2.13. The Hall–Kier alpha value is -3.50. The number of hydrogen-bond acceptors (Lipinski definition) is 4. The lowest BCUT2D eigenvalue weighted by molar-refractivity contribution is 0.174. The molecule has 0 atom stereocenters. The highest BCUT2D eigenvalue weighted by molar-refractivity contribution is 5.87.